The average molecular weight is 252 g/mol. The van der Waals surface area contributed by atoms with Crippen LogP contribution in [0.5, 0.6) is 0 Å². The summed E-state index contributed by atoms with van der Waals surface area (Å²) in [6, 6.07) is 8.52. The summed E-state index contributed by atoms with van der Waals surface area (Å²) < 4.78 is 0. The lowest BCUT2D eigenvalue weighted by Gasteiger charge is -2.08. The molecule has 2 rings (SSSR count). The Balaban J connectivity index is 0.00000144. The molecule has 0 fully saturated rings. The van der Waals surface area contributed by atoms with Crippen LogP contribution in [0.4, 0.5) is 5.82 Å². The average Bonchev–Trinajstić information content (AvgIpc) is 2.36. The number of nitrogens with one attached hydrogen (secondary N) is 1. The second-order valence-corrected chi connectivity index (χ2v) is 3.87. The highest BCUT2D eigenvalue weighted by atomic mass is 35.5. The number of fused-ring (bicyclic) bond motifs is 1. The summed E-state index contributed by atoms with van der Waals surface area (Å²) >= 11 is 0. The Morgan fingerprint density at radius 1 is 1.18 bits per heavy atom. The molecule has 4 heteroatoms. The highest BCUT2D eigenvalue weighted by Crippen LogP contribution is 2.21. The van der Waals surface area contributed by atoms with Crippen molar-refractivity contribution in [3.8, 4) is 0 Å². The molecule has 0 atom stereocenters. The molecule has 0 radical (unpaired) electrons. The molecule has 0 spiro atoms. The molecule has 0 aliphatic carbocycles. The van der Waals surface area contributed by atoms with Crippen molar-refractivity contribution >= 4 is 29.1 Å². The predicted octanol–water partition coefficient (Wildman–Crippen LogP) is 3.07. The van der Waals surface area contributed by atoms with Crippen molar-refractivity contribution < 1.29 is 0 Å². The molecule has 0 saturated heterocycles. The van der Waals surface area contributed by atoms with Gasteiger partial charge < -0.3 is 5.43 Å². The van der Waals surface area contributed by atoms with E-state index in [4.69, 9.17) is 5.84 Å². The lowest BCUT2D eigenvalue weighted by molar-refractivity contribution is 1.10. The van der Waals surface area contributed by atoms with Gasteiger partial charge in [0.1, 0.15) is 5.82 Å². The number of nitrogens with zero attached hydrogens (tertiary/aromatic N) is 1. The highest BCUT2D eigenvalue weighted by molar-refractivity contribution is 5.85. The maximum atomic E-state index is 5.46. The van der Waals surface area contributed by atoms with Gasteiger partial charge in [-0.25, -0.2) is 10.8 Å². The molecule has 1 heterocycles. The number of halogens is 1. The number of benzene rings is 1. The van der Waals surface area contributed by atoms with Gasteiger partial charge in [0.25, 0.3) is 0 Å². The number of rotatable bonds is 3. The Labute approximate surface area is 108 Å². The molecule has 0 saturated carbocycles. The number of aromatic nitrogens is 1. The first kappa shape index (κ1) is 13.7. The van der Waals surface area contributed by atoms with Gasteiger partial charge in [-0.2, -0.15) is 0 Å². The lowest BCUT2D eigenvalue weighted by atomic mass is 10.1. The van der Waals surface area contributed by atoms with Crippen LogP contribution in [0, 0.1) is 0 Å². The maximum Gasteiger partial charge on any atom is 0.143 e. The third-order valence-corrected chi connectivity index (χ3v) is 2.88. The fourth-order valence-electron chi connectivity index (χ4n) is 1.88. The molecular weight excluding hydrogens is 234 g/mol. The number of hydrogen-bond acceptors (Lipinski definition) is 3. The second-order valence-electron chi connectivity index (χ2n) is 3.87. The second kappa shape index (κ2) is 5.84. The quantitative estimate of drug-likeness (QED) is 0.651. The van der Waals surface area contributed by atoms with Gasteiger partial charge in [-0.1, -0.05) is 19.9 Å². The van der Waals surface area contributed by atoms with Gasteiger partial charge in [-0.05, 0) is 42.2 Å². The van der Waals surface area contributed by atoms with Crippen LogP contribution in [0.15, 0.2) is 24.3 Å². The molecule has 92 valence electrons. The standard InChI is InChI=1S/C13H17N3.ClH/c1-3-9-5-6-12-11(7-9)8-10(4-2)13(15-12)16-14;/h5-8H,3-4,14H2,1-2H3,(H,15,16);1H. The SMILES string of the molecule is CCc1ccc2nc(NN)c(CC)cc2c1.Cl. The summed E-state index contributed by atoms with van der Waals surface area (Å²) in [5, 5.41) is 1.19. The maximum absolute atomic E-state index is 5.46. The first-order valence-electron chi connectivity index (χ1n) is 5.67. The van der Waals surface area contributed by atoms with E-state index in [0.717, 1.165) is 29.7 Å². The fraction of sp³-hybridized carbons (Fsp3) is 0.308. The number of nitrogen functional groups attached to an aromatic ring is 1. The minimum atomic E-state index is 0. The first-order valence-corrected chi connectivity index (χ1v) is 5.67. The van der Waals surface area contributed by atoms with Gasteiger partial charge in [-0.15, -0.1) is 12.4 Å². The van der Waals surface area contributed by atoms with E-state index in [0.29, 0.717) is 0 Å². The molecule has 3 nitrogen and oxygen atoms in total. The zero-order valence-corrected chi connectivity index (χ0v) is 11.0. The Hall–Kier alpha value is -1.32. The van der Waals surface area contributed by atoms with Crippen molar-refractivity contribution in [2.24, 2.45) is 5.84 Å². The third-order valence-electron chi connectivity index (χ3n) is 2.88. The van der Waals surface area contributed by atoms with E-state index < -0.39 is 0 Å². The summed E-state index contributed by atoms with van der Waals surface area (Å²) in [4.78, 5) is 4.50. The topological polar surface area (TPSA) is 50.9 Å². The van der Waals surface area contributed by atoms with Crippen molar-refractivity contribution in [1.29, 1.82) is 0 Å². The molecule has 0 aliphatic heterocycles. The van der Waals surface area contributed by atoms with Crippen molar-refractivity contribution in [1.82, 2.24) is 4.98 Å². The fourth-order valence-corrected chi connectivity index (χ4v) is 1.88. The zero-order chi connectivity index (χ0) is 11.5. The van der Waals surface area contributed by atoms with Crippen molar-refractivity contribution in [3.63, 3.8) is 0 Å². The van der Waals surface area contributed by atoms with E-state index in [1.807, 2.05) is 0 Å². The third kappa shape index (κ3) is 2.68. The van der Waals surface area contributed by atoms with E-state index in [2.05, 4.69) is 48.5 Å². The zero-order valence-electron chi connectivity index (χ0n) is 10.2. The van der Waals surface area contributed by atoms with Gasteiger partial charge in [-0.3, -0.25) is 0 Å². The van der Waals surface area contributed by atoms with Gasteiger partial charge in [0, 0.05) is 5.39 Å². The minimum absolute atomic E-state index is 0. The molecule has 2 aromatic rings. The molecule has 0 aliphatic rings. The van der Waals surface area contributed by atoms with Crippen LogP contribution in [0.25, 0.3) is 10.9 Å². The van der Waals surface area contributed by atoms with Gasteiger partial charge in [0.15, 0.2) is 0 Å². The van der Waals surface area contributed by atoms with Crippen molar-refractivity contribution in [2.45, 2.75) is 26.7 Å². The molecule has 0 bridgehead atoms. The van der Waals surface area contributed by atoms with Crippen LogP contribution in [0.2, 0.25) is 0 Å². The Morgan fingerprint density at radius 2 is 1.94 bits per heavy atom. The highest BCUT2D eigenvalue weighted by Gasteiger charge is 2.04. The molecule has 0 unspecified atom stereocenters. The molecule has 3 N–H and O–H groups in total. The van der Waals surface area contributed by atoms with Crippen LogP contribution in [-0.2, 0) is 12.8 Å². The normalized spacial score (nSPS) is 10.1. The Bertz CT molecular complexity index is 511. The Kier molecular flexibility index (Phi) is 4.73. The summed E-state index contributed by atoms with van der Waals surface area (Å²) in [6.07, 6.45) is 1.98. The number of hydrogen-bond donors (Lipinski definition) is 2. The number of aryl methyl sites for hydroxylation is 2. The van der Waals surface area contributed by atoms with Crippen molar-refractivity contribution in [3.05, 3.63) is 35.4 Å². The Morgan fingerprint density at radius 3 is 2.53 bits per heavy atom. The van der Waals surface area contributed by atoms with E-state index in [1.165, 1.54) is 10.9 Å². The smallest absolute Gasteiger partial charge is 0.143 e. The summed E-state index contributed by atoms with van der Waals surface area (Å²) in [5.74, 6) is 6.24. The van der Waals surface area contributed by atoms with Gasteiger partial charge in [0.05, 0.1) is 5.52 Å². The van der Waals surface area contributed by atoms with Crippen LogP contribution in [-0.4, -0.2) is 4.98 Å². The monoisotopic (exact) mass is 251 g/mol. The van der Waals surface area contributed by atoms with Crippen LogP contribution in [0.3, 0.4) is 0 Å². The van der Waals surface area contributed by atoms with E-state index >= 15 is 0 Å². The lowest BCUT2D eigenvalue weighted by Crippen LogP contribution is -2.11. The van der Waals surface area contributed by atoms with Crippen LogP contribution < -0.4 is 11.3 Å². The van der Waals surface area contributed by atoms with E-state index in [-0.39, 0.29) is 12.4 Å². The number of pyridine rings is 1. The molecule has 1 aromatic heterocycles. The minimum Gasteiger partial charge on any atom is -0.308 e. The molecule has 0 amide bonds. The first-order chi connectivity index (χ1) is 7.78. The summed E-state index contributed by atoms with van der Waals surface area (Å²) in [5.41, 5.74) is 6.14. The predicted molar refractivity (Wildman–Crippen MR) is 75.6 cm³/mol. The van der Waals surface area contributed by atoms with Crippen molar-refractivity contribution in [2.75, 3.05) is 5.43 Å². The number of anilines is 1. The van der Waals surface area contributed by atoms with E-state index in [1.54, 1.807) is 0 Å². The van der Waals surface area contributed by atoms with Crippen LogP contribution >= 0.6 is 12.4 Å². The van der Waals surface area contributed by atoms with E-state index in [9.17, 15) is 0 Å². The molecule has 17 heavy (non-hydrogen) atoms. The number of nitrogens with two attached hydrogens (primary N) is 1. The largest absolute Gasteiger partial charge is 0.308 e. The number of hydrazine groups is 1. The molecular formula is C13H18ClN3. The molecule has 1 aromatic carbocycles. The summed E-state index contributed by atoms with van der Waals surface area (Å²) in [6.45, 7) is 4.26. The van der Waals surface area contributed by atoms with Crippen LogP contribution in [0.1, 0.15) is 25.0 Å². The van der Waals surface area contributed by atoms with Gasteiger partial charge >= 0.3 is 0 Å². The van der Waals surface area contributed by atoms with Gasteiger partial charge in [0.2, 0.25) is 0 Å². The summed E-state index contributed by atoms with van der Waals surface area (Å²) in [7, 11) is 0.